The van der Waals surface area contributed by atoms with E-state index in [-0.39, 0.29) is 18.4 Å². The number of carbonyl (C=O) groups excluding carboxylic acids is 1. The molecule has 0 atom stereocenters. The molecular formula is C19H22BrN3O3. The lowest BCUT2D eigenvalue weighted by atomic mass is 10.1. The van der Waals surface area contributed by atoms with Gasteiger partial charge in [-0.25, -0.2) is 5.43 Å². The number of halogens is 1. The van der Waals surface area contributed by atoms with Gasteiger partial charge in [-0.05, 0) is 65.2 Å². The fourth-order valence-corrected chi connectivity index (χ4v) is 2.76. The molecule has 2 rings (SSSR count). The Hall–Kier alpha value is -2.54. The first-order valence-electron chi connectivity index (χ1n) is 8.09. The molecule has 0 radical (unpaired) electrons. The summed E-state index contributed by atoms with van der Waals surface area (Å²) in [6.45, 7) is 3.88. The summed E-state index contributed by atoms with van der Waals surface area (Å²) >= 11 is 3.47. The number of nitrogen functional groups attached to an aromatic ring is 1. The van der Waals surface area contributed by atoms with E-state index in [4.69, 9.17) is 15.2 Å². The van der Waals surface area contributed by atoms with E-state index in [0.717, 1.165) is 15.6 Å². The molecule has 0 aliphatic heterocycles. The van der Waals surface area contributed by atoms with Crippen molar-refractivity contribution in [2.24, 2.45) is 5.10 Å². The topological polar surface area (TPSA) is 85.9 Å². The minimum atomic E-state index is -0.211. The normalized spacial score (nSPS) is 11.0. The average molecular weight is 420 g/mol. The van der Waals surface area contributed by atoms with Gasteiger partial charge in [-0.3, -0.25) is 4.79 Å². The third-order valence-electron chi connectivity index (χ3n) is 3.35. The van der Waals surface area contributed by atoms with Crippen LogP contribution in [-0.2, 0) is 11.2 Å². The van der Waals surface area contributed by atoms with Gasteiger partial charge in [0.25, 0.3) is 0 Å². The highest BCUT2D eigenvalue weighted by Gasteiger charge is 2.12. The highest BCUT2D eigenvalue weighted by Crippen LogP contribution is 2.36. The van der Waals surface area contributed by atoms with Crippen molar-refractivity contribution < 1.29 is 14.3 Å². The van der Waals surface area contributed by atoms with E-state index in [1.807, 2.05) is 32.0 Å². The van der Waals surface area contributed by atoms with E-state index < -0.39 is 0 Å². The number of nitrogens with zero attached hydrogens (tertiary/aromatic N) is 1. The molecule has 2 aromatic carbocycles. The summed E-state index contributed by atoms with van der Waals surface area (Å²) in [6.07, 6.45) is 1.80. The molecule has 0 spiro atoms. The summed E-state index contributed by atoms with van der Waals surface area (Å²) < 4.78 is 11.9. The second kappa shape index (κ2) is 9.24. The number of hydrazone groups is 1. The van der Waals surface area contributed by atoms with Crippen LogP contribution in [-0.4, -0.2) is 25.3 Å². The molecule has 7 heteroatoms. The molecule has 0 aliphatic rings. The molecule has 3 N–H and O–H groups in total. The SMILES string of the molecule is COc1cc(/C=N\NC(=O)Cc2ccc(N)cc2)cc(Br)c1OC(C)C. The van der Waals surface area contributed by atoms with E-state index >= 15 is 0 Å². The Kier molecular flexibility index (Phi) is 7.03. The molecular weight excluding hydrogens is 398 g/mol. The lowest BCUT2D eigenvalue weighted by Gasteiger charge is -2.15. The van der Waals surface area contributed by atoms with E-state index in [1.165, 1.54) is 0 Å². The molecule has 26 heavy (non-hydrogen) atoms. The Labute approximate surface area is 161 Å². The Bertz CT molecular complexity index is 789. The standard InChI is InChI=1S/C19H22BrN3O3/c1-12(2)26-19-16(20)8-14(9-17(19)25-3)11-22-23-18(24)10-13-4-6-15(21)7-5-13/h4-9,11-12H,10,21H2,1-3H3,(H,23,24)/b22-11-. The van der Waals surface area contributed by atoms with Crippen LogP contribution >= 0.6 is 15.9 Å². The van der Waals surface area contributed by atoms with Gasteiger partial charge in [-0.15, -0.1) is 0 Å². The first-order chi connectivity index (χ1) is 12.4. The highest BCUT2D eigenvalue weighted by atomic mass is 79.9. The Morgan fingerprint density at radius 3 is 2.62 bits per heavy atom. The second-order valence-electron chi connectivity index (χ2n) is 5.91. The lowest BCUT2D eigenvalue weighted by Crippen LogP contribution is -2.19. The van der Waals surface area contributed by atoms with Gasteiger partial charge >= 0.3 is 0 Å². The van der Waals surface area contributed by atoms with E-state index in [9.17, 15) is 4.79 Å². The fraction of sp³-hybridized carbons (Fsp3) is 0.263. The van der Waals surface area contributed by atoms with Crippen LogP contribution < -0.4 is 20.6 Å². The zero-order valence-electron chi connectivity index (χ0n) is 15.0. The molecule has 0 aliphatic carbocycles. The van der Waals surface area contributed by atoms with Crippen LogP contribution in [0.3, 0.4) is 0 Å². The highest BCUT2D eigenvalue weighted by molar-refractivity contribution is 9.10. The number of methoxy groups -OCH3 is 1. The monoisotopic (exact) mass is 419 g/mol. The smallest absolute Gasteiger partial charge is 0.244 e. The summed E-state index contributed by atoms with van der Waals surface area (Å²) in [5.41, 5.74) is 10.4. The van der Waals surface area contributed by atoms with Crippen molar-refractivity contribution in [3.05, 3.63) is 52.0 Å². The summed E-state index contributed by atoms with van der Waals surface area (Å²) in [6, 6.07) is 10.8. The molecule has 6 nitrogen and oxygen atoms in total. The first-order valence-corrected chi connectivity index (χ1v) is 8.89. The van der Waals surface area contributed by atoms with Gasteiger partial charge in [0, 0.05) is 5.69 Å². The minimum Gasteiger partial charge on any atom is -0.493 e. The zero-order chi connectivity index (χ0) is 19.1. The van der Waals surface area contributed by atoms with Crippen molar-refractivity contribution in [1.29, 1.82) is 0 Å². The van der Waals surface area contributed by atoms with Crippen molar-refractivity contribution in [2.75, 3.05) is 12.8 Å². The Morgan fingerprint density at radius 2 is 2.00 bits per heavy atom. The number of amides is 1. The number of rotatable bonds is 7. The third kappa shape index (κ3) is 5.77. The van der Waals surface area contributed by atoms with Gasteiger partial charge < -0.3 is 15.2 Å². The van der Waals surface area contributed by atoms with Gasteiger partial charge in [0.2, 0.25) is 5.91 Å². The number of nitrogens with two attached hydrogens (primary N) is 1. The maximum absolute atomic E-state index is 11.9. The summed E-state index contributed by atoms with van der Waals surface area (Å²) in [5, 5.41) is 4.00. The van der Waals surface area contributed by atoms with Crippen molar-refractivity contribution in [1.82, 2.24) is 5.43 Å². The second-order valence-corrected chi connectivity index (χ2v) is 6.77. The number of nitrogens with one attached hydrogen (secondary N) is 1. The molecule has 0 unspecified atom stereocenters. The van der Waals surface area contributed by atoms with Crippen LogP contribution in [0.5, 0.6) is 11.5 Å². The van der Waals surface area contributed by atoms with Gasteiger partial charge in [-0.2, -0.15) is 5.10 Å². The summed E-state index contributed by atoms with van der Waals surface area (Å²) in [4.78, 5) is 11.9. The maximum Gasteiger partial charge on any atom is 0.244 e. The average Bonchev–Trinajstić information content (AvgIpc) is 2.58. The van der Waals surface area contributed by atoms with Gasteiger partial charge in [0.05, 0.1) is 30.3 Å². The Balaban J connectivity index is 2.02. The van der Waals surface area contributed by atoms with E-state index in [1.54, 1.807) is 31.5 Å². The number of anilines is 1. The lowest BCUT2D eigenvalue weighted by molar-refractivity contribution is -0.120. The number of carbonyl (C=O) groups is 1. The van der Waals surface area contributed by atoms with Gasteiger partial charge in [-0.1, -0.05) is 12.1 Å². The van der Waals surface area contributed by atoms with Crippen LogP contribution in [0.15, 0.2) is 46.0 Å². The molecule has 0 aromatic heterocycles. The van der Waals surface area contributed by atoms with Crippen LogP contribution in [0.2, 0.25) is 0 Å². The molecule has 138 valence electrons. The van der Waals surface area contributed by atoms with Crippen LogP contribution in [0.4, 0.5) is 5.69 Å². The van der Waals surface area contributed by atoms with Crippen molar-refractivity contribution in [3.63, 3.8) is 0 Å². The van der Waals surface area contributed by atoms with Crippen molar-refractivity contribution in [3.8, 4) is 11.5 Å². The van der Waals surface area contributed by atoms with E-state index in [0.29, 0.717) is 17.2 Å². The molecule has 0 saturated heterocycles. The number of benzene rings is 2. The maximum atomic E-state index is 11.9. The number of hydrogen-bond donors (Lipinski definition) is 2. The molecule has 0 bridgehead atoms. The summed E-state index contributed by atoms with van der Waals surface area (Å²) in [7, 11) is 1.57. The quantitative estimate of drug-likeness (QED) is 0.408. The predicted octanol–water partition coefficient (Wildman–Crippen LogP) is 3.52. The summed E-state index contributed by atoms with van der Waals surface area (Å²) in [5.74, 6) is 1.01. The zero-order valence-corrected chi connectivity index (χ0v) is 16.5. The predicted molar refractivity (Wildman–Crippen MR) is 107 cm³/mol. The number of ether oxygens (including phenoxy) is 2. The van der Waals surface area contributed by atoms with Crippen molar-refractivity contribution in [2.45, 2.75) is 26.4 Å². The van der Waals surface area contributed by atoms with Gasteiger partial charge in [0.1, 0.15) is 0 Å². The minimum absolute atomic E-state index is 0.0207. The number of hydrogen-bond acceptors (Lipinski definition) is 5. The first kappa shape index (κ1) is 19.8. The van der Waals surface area contributed by atoms with Crippen molar-refractivity contribution >= 4 is 33.7 Å². The van der Waals surface area contributed by atoms with Crippen LogP contribution in [0.1, 0.15) is 25.0 Å². The van der Waals surface area contributed by atoms with E-state index in [2.05, 4.69) is 26.5 Å². The fourth-order valence-electron chi connectivity index (χ4n) is 2.20. The molecule has 2 aromatic rings. The molecule has 1 amide bonds. The Morgan fingerprint density at radius 1 is 1.31 bits per heavy atom. The molecule has 0 saturated carbocycles. The van der Waals surface area contributed by atoms with Gasteiger partial charge in [0.15, 0.2) is 11.5 Å². The van der Waals surface area contributed by atoms with Crippen LogP contribution in [0.25, 0.3) is 0 Å². The van der Waals surface area contributed by atoms with Crippen LogP contribution in [0, 0.1) is 0 Å². The third-order valence-corrected chi connectivity index (χ3v) is 3.94. The molecule has 0 fully saturated rings. The molecule has 0 heterocycles. The largest absolute Gasteiger partial charge is 0.493 e.